The number of benzene rings is 2. The lowest BCUT2D eigenvalue weighted by atomic mass is 10.2. The Morgan fingerprint density at radius 2 is 1.86 bits per heavy atom. The van der Waals surface area contributed by atoms with Gasteiger partial charge in [0.15, 0.2) is 11.0 Å². The molecule has 0 spiro atoms. The highest BCUT2D eigenvalue weighted by Crippen LogP contribution is 2.28. The van der Waals surface area contributed by atoms with Crippen LogP contribution in [0.1, 0.15) is 0 Å². The third kappa shape index (κ3) is 3.61. The van der Waals surface area contributed by atoms with Gasteiger partial charge in [0.1, 0.15) is 5.82 Å². The fraction of sp³-hybridized carbons (Fsp3) is 0.158. The second-order valence-electron chi connectivity index (χ2n) is 6.05. The zero-order chi connectivity index (χ0) is 19.5. The molecular formula is C19H16FN5O2S. The quantitative estimate of drug-likeness (QED) is 0.670. The first-order valence-corrected chi connectivity index (χ1v) is 9.60. The minimum Gasteiger partial charge on any atom is -0.336 e. The van der Waals surface area contributed by atoms with Crippen LogP contribution in [0.25, 0.3) is 17.1 Å². The summed E-state index contributed by atoms with van der Waals surface area (Å²) in [5.41, 5.74) is 1.52. The maximum atomic E-state index is 13.4. The molecule has 9 heteroatoms. The molecule has 1 aliphatic heterocycles. The molecule has 0 bridgehead atoms. The lowest BCUT2D eigenvalue weighted by Crippen LogP contribution is -2.35. The summed E-state index contributed by atoms with van der Waals surface area (Å²) in [5, 5.41) is 11.6. The molecule has 1 aliphatic rings. The van der Waals surface area contributed by atoms with E-state index in [0.717, 1.165) is 5.56 Å². The molecule has 0 atom stereocenters. The van der Waals surface area contributed by atoms with Gasteiger partial charge >= 0.3 is 6.03 Å². The fourth-order valence-electron chi connectivity index (χ4n) is 2.87. The Bertz CT molecular complexity index is 1010. The Morgan fingerprint density at radius 3 is 2.54 bits per heavy atom. The predicted molar refractivity (Wildman–Crippen MR) is 103 cm³/mol. The number of carbonyl (C=O) groups is 2. The number of rotatable bonds is 5. The topological polar surface area (TPSA) is 80.1 Å². The van der Waals surface area contributed by atoms with Gasteiger partial charge in [-0.05, 0) is 24.3 Å². The van der Waals surface area contributed by atoms with Crippen LogP contribution < -0.4 is 5.32 Å². The highest BCUT2D eigenvalue weighted by atomic mass is 32.2. The Kier molecular flexibility index (Phi) is 5.07. The number of hydrogen-bond acceptors (Lipinski definition) is 5. The first-order chi connectivity index (χ1) is 13.6. The van der Waals surface area contributed by atoms with E-state index in [1.807, 2.05) is 30.3 Å². The molecule has 0 radical (unpaired) electrons. The molecule has 2 aromatic carbocycles. The average molecular weight is 397 g/mol. The standard InChI is InChI=1S/C19H16FN5O2S/c20-14-6-8-15(9-7-14)25-17(13-4-2-1-3-5-13)22-23-19(25)28-12-16(26)24-11-10-21-18(24)27/h1-9H,10-12H2,(H,21,27). The molecule has 2 heterocycles. The van der Waals surface area contributed by atoms with E-state index in [2.05, 4.69) is 15.5 Å². The Hall–Kier alpha value is -3.20. The van der Waals surface area contributed by atoms with Crippen molar-refractivity contribution in [2.24, 2.45) is 0 Å². The van der Waals surface area contributed by atoms with E-state index in [9.17, 15) is 14.0 Å². The molecule has 4 rings (SSSR count). The second-order valence-corrected chi connectivity index (χ2v) is 6.99. The predicted octanol–water partition coefficient (Wildman–Crippen LogP) is 2.72. The second kappa shape index (κ2) is 7.81. The summed E-state index contributed by atoms with van der Waals surface area (Å²) in [7, 11) is 0. The summed E-state index contributed by atoms with van der Waals surface area (Å²) in [6, 6.07) is 15.1. The third-order valence-electron chi connectivity index (χ3n) is 4.23. The van der Waals surface area contributed by atoms with Crippen molar-refractivity contribution in [3.63, 3.8) is 0 Å². The molecule has 1 aromatic heterocycles. The lowest BCUT2D eigenvalue weighted by Gasteiger charge is -2.13. The van der Waals surface area contributed by atoms with Gasteiger partial charge in [-0.2, -0.15) is 0 Å². The Morgan fingerprint density at radius 1 is 1.11 bits per heavy atom. The van der Waals surface area contributed by atoms with Gasteiger partial charge in [-0.15, -0.1) is 10.2 Å². The van der Waals surface area contributed by atoms with Gasteiger partial charge in [0.2, 0.25) is 5.91 Å². The van der Waals surface area contributed by atoms with Crippen LogP contribution in [0, 0.1) is 5.82 Å². The van der Waals surface area contributed by atoms with Crippen molar-refractivity contribution in [3.8, 4) is 17.1 Å². The normalized spacial score (nSPS) is 13.6. The van der Waals surface area contributed by atoms with Crippen LogP contribution in [-0.2, 0) is 4.79 Å². The van der Waals surface area contributed by atoms with Crippen LogP contribution in [0.15, 0.2) is 59.8 Å². The first-order valence-electron chi connectivity index (χ1n) is 8.61. The number of amides is 3. The SMILES string of the molecule is O=C(CSc1nnc(-c2ccccc2)n1-c1ccc(F)cc1)N1CCNC1=O. The minimum atomic E-state index is -0.379. The maximum Gasteiger partial charge on any atom is 0.324 e. The van der Waals surface area contributed by atoms with Crippen LogP contribution >= 0.6 is 11.8 Å². The van der Waals surface area contributed by atoms with Crippen LogP contribution in [0.4, 0.5) is 9.18 Å². The van der Waals surface area contributed by atoms with E-state index in [-0.39, 0.29) is 23.5 Å². The molecule has 0 unspecified atom stereocenters. The van der Waals surface area contributed by atoms with Crippen molar-refractivity contribution in [2.75, 3.05) is 18.8 Å². The zero-order valence-electron chi connectivity index (χ0n) is 14.7. The molecule has 3 amide bonds. The molecule has 7 nitrogen and oxygen atoms in total. The third-order valence-corrected chi connectivity index (χ3v) is 5.15. The number of hydrogen-bond donors (Lipinski definition) is 1. The van der Waals surface area contributed by atoms with Crippen LogP contribution in [0.2, 0.25) is 0 Å². The summed E-state index contributed by atoms with van der Waals surface area (Å²) in [6.45, 7) is 0.817. The molecule has 28 heavy (non-hydrogen) atoms. The smallest absolute Gasteiger partial charge is 0.324 e. The fourth-order valence-corrected chi connectivity index (χ4v) is 3.70. The van der Waals surface area contributed by atoms with Crippen molar-refractivity contribution >= 4 is 23.7 Å². The van der Waals surface area contributed by atoms with Gasteiger partial charge in [0.25, 0.3) is 0 Å². The minimum absolute atomic E-state index is 0.0432. The molecule has 142 valence electrons. The van der Waals surface area contributed by atoms with E-state index in [4.69, 9.17) is 0 Å². The van der Waals surface area contributed by atoms with E-state index in [1.165, 1.54) is 28.8 Å². The van der Waals surface area contributed by atoms with Crippen LogP contribution in [-0.4, -0.2) is 50.4 Å². The summed E-state index contributed by atoms with van der Waals surface area (Å²) >= 11 is 1.18. The highest BCUT2D eigenvalue weighted by molar-refractivity contribution is 7.99. The number of aromatic nitrogens is 3. The van der Waals surface area contributed by atoms with Gasteiger partial charge in [-0.1, -0.05) is 42.1 Å². The molecule has 1 saturated heterocycles. The Labute approximate surface area is 164 Å². The van der Waals surface area contributed by atoms with Crippen molar-refractivity contribution in [1.82, 2.24) is 25.0 Å². The first kappa shape index (κ1) is 18.2. The van der Waals surface area contributed by atoms with Gasteiger partial charge in [-0.3, -0.25) is 14.3 Å². The summed E-state index contributed by atoms with van der Waals surface area (Å²) < 4.78 is 15.2. The maximum absolute atomic E-state index is 13.4. The number of carbonyl (C=O) groups excluding carboxylic acids is 2. The molecule has 1 fully saturated rings. The van der Waals surface area contributed by atoms with E-state index >= 15 is 0 Å². The molecule has 1 N–H and O–H groups in total. The molecule has 0 aliphatic carbocycles. The Balaban J connectivity index is 1.65. The number of imide groups is 1. The number of urea groups is 1. The number of halogens is 1. The monoisotopic (exact) mass is 397 g/mol. The van der Waals surface area contributed by atoms with Gasteiger partial charge < -0.3 is 5.32 Å². The van der Waals surface area contributed by atoms with Crippen molar-refractivity contribution < 1.29 is 14.0 Å². The molecule has 0 saturated carbocycles. The van der Waals surface area contributed by atoms with Gasteiger partial charge in [0, 0.05) is 24.3 Å². The summed E-state index contributed by atoms with van der Waals surface area (Å²) in [6.07, 6.45) is 0. The largest absolute Gasteiger partial charge is 0.336 e. The number of nitrogens with zero attached hydrogens (tertiary/aromatic N) is 4. The van der Waals surface area contributed by atoms with Crippen LogP contribution in [0.5, 0.6) is 0 Å². The van der Waals surface area contributed by atoms with Crippen LogP contribution in [0.3, 0.4) is 0 Å². The average Bonchev–Trinajstić information content (AvgIpc) is 3.34. The van der Waals surface area contributed by atoms with Gasteiger partial charge in [0.05, 0.1) is 5.75 Å². The number of nitrogens with one attached hydrogen (secondary N) is 1. The summed E-state index contributed by atoms with van der Waals surface area (Å²) in [5.74, 6) is -0.0138. The molecule has 3 aromatic rings. The highest BCUT2D eigenvalue weighted by Gasteiger charge is 2.27. The van der Waals surface area contributed by atoms with Crippen molar-refractivity contribution in [2.45, 2.75) is 5.16 Å². The van der Waals surface area contributed by atoms with E-state index in [0.29, 0.717) is 29.8 Å². The van der Waals surface area contributed by atoms with Crippen molar-refractivity contribution in [1.29, 1.82) is 0 Å². The van der Waals surface area contributed by atoms with E-state index in [1.54, 1.807) is 16.7 Å². The van der Waals surface area contributed by atoms with E-state index < -0.39 is 0 Å². The lowest BCUT2D eigenvalue weighted by molar-refractivity contribution is -0.124. The number of thioether (sulfide) groups is 1. The summed E-state index contributed by atoms with van der Waals surface area (Å²) in [4.78, 5) is 25.2. The van der Waals surface area contributed by atoms with Crippen molar-refractivity contribution in [3.05, 3.63) is 60.4 Å². The molecular weight excluding hydrogens is 381 g/mol. The van der Waals surface area contributed by atoms with Gasteiger partial charge in [-0.25, -0.2) is 9.18 Å². The zero-order valence-corrected chi connectivity index (χ0v) is 15.5.